The van der Waals surface area contributed by atoms with Crippen LogP contribution in [0.4, 0.5) is 0 Å². The predicted octanol–water partition coefficient (Wildman–Crippen LogP) is 3.92. The molecule has 16 heavy (non-hydrogen) atoms. The number of rotatable bonds is 0. The molecular formula is C14H9BrO. The largest absolute Gasteiger partial charge is 0.289 e. The summed E-state index contributed by atoms with van der Waals surface area (Å²) in [6, 6.07) is 5.88. The summed E-state index contributed by atoms with van der Waals surface area (Å²) in [5.74, 6) is 0.125. The number of carbonyl (C=O) groups is 1. The van der Waals surface area contributed by atoms with Crippen molar-refractivity contribution in [3.8, 4) is 0 Å². The van der Waals surface area contributed by atoms with E-state index in [1.54, 1.807) is 0 Å². The van der Waals surface area contributed by atoms with Gasteiger partial charge in [-0.25, -0.2) is 0 Å². The third kappa shape index (κ3) is 1.26. The van der Waals surface area contributed by atoms with Gasteiger partial charge >= 0.3 is 0 Å². The minimum absolute atomic E-state index is 0.125. The Balaban J connectivity index is 2.32. The van der Waals surface area contributed by atoms with Crippen molar-refractivity contribution in [3.05, 3.63) is 63.7 Å². The molecule has 1 aromatic rings. The molecule has 0 saturated carbocycles. The normalized spacial score (nSPS) is 17.4. The molecule has 0 aromatic heterocycles. The molecule has 0 atom stereocenters. The van der Waals surface area contributed by atoms with E-state index in [2.05, 4.69) is 22.0 Å². The maximum Gasteiger partial charge on any atom is 0.195 e. The lowest BCUT2D eigenvalue weighted by molar-refractivity contribution is 0.104. The highest BCUT2D eigenvalue weighted by Gasteiger charge is 2.28. The lowest BCUT2D eigenvalue weighted by atomic mass is 10.1. The molecule has 0 fully saturated rings. The molecule has 2 aliphatic carbocycles. The minimum atomic E-state index is 0.125. The highest BCUT2D eigenvalue weighted by Crippen LogP contribution is 2.38. The number of carbonyl (C=O) groups excluding carboxylic acids is 1. The zero-order valence-electron chi connectivity index (χ0n) is 8.53. The van der Waals surface area contributed by atoms with Crippen LogP contribution in [0.15, 0.2) is 52.5 Å². The minimum Gasteiger partial charge on any atom is -0.289 e. The molecule has 3 rings (SSSR count). The van der Waals surface area contributed by atoms with E-state index in [0.717, 1.165) is 33.2 Å². The summed E-state index contributed by atoms with van der Waals surface area (Å²) in [6.45, 7) is 0. The molecule has 0 N–H and O–H groups in total. The van der Waals surface area contributed by atoms with Crippen LogP contribution < -0.4 is 0 Å². The van der Waals surface area contributed by atoms with Crippen LogP contribution in [0.2, 0.25) is 0 Å². The Labute approximate surface area is 102 Å². The van der Waals surface area contributed by atoms with E-state index < -0.39 is 0 Å². The van der Waals surface area contributed by atoms with Gasteiger partial charge in [0.05, 0.1) is 0 Å². The van der Waals surface area contributed by atoms with Gasteiger partial charge in [-0.15, -0.1) is 0 Å². The van der Waals surface area contributed by atoms with Gasteiger partial charge in [0.2, 0.25) is 0 Å². The van der Waals surface area contributed by atoms with Gasteiger partial charge in [-0.1, -0.05) is 52.4 Å². The first-order valence-corrected chi connectivity index (χ1v) is 5.99. The summed E-state index contributed by atoms with van der Waals surface area (Å²) >= 11 is 3.45. The first-order chi connectivity index (χ1) is 7.79. The second-order valence-electron chi connectivity index (χ2n) is 3.86. The van der Waals surface area contributed by atoms with Crippen molar-refractivity contribution < 1.29 is 4.79 Å². The van der Waals surface area contributed by atoms with Crippen LogP contribution in [0, 0.1) is 0 Å². The fourth-order valence-electron chi connectivity index (χ4n) is 2.18. The number of hydrogen-bond acceptors (Lipinski definition) is 1. The highest BCUT2D eigenvalue weighted by atomic mass is 79.9. The van der Waals surface area contributed by atoms with Crippen molar-refractivity contribution >= 4 is 27.3 Å². The van der Waals surface area contributed by atoms with Crippen LogP contribution in [0.25, 0.3) is 5.57 Å². The first kappa shape index (κ1) is 9.79. The molecule has 1 nitrogen and oxygen atoms in total. The first-order valence-electron chi connectivity index (χ1n) is 5.20. The molecular weight excluding hydrogens is 264 g/mol. The fourth-order valence-corrected chi connectivity index (χ4v) is 2.72. The van der Waals surface area contributed by atoms with Crippen molar-refractivity contribution in [1.29, 1.82) is 0 Å². The topological polar surface area (TPSA) is 17.1 Å². The van der Waals surface area contributed by atoms with Gasteiger partial charge in [0.25, 0.3) is 0 Å². The number of fused-ring (bicyclic) bond motifs is 2. The van der Waals surface area contributed by atoms with E-state index in [4.69, 9.17) is 0 Å². The van der Waals surface area contributed by atoms with Crippen LogP contribution >= 0.6 is 15.9 Å². The molecule has 0 spiro atoms. The van der Waals surface area contributed by atoms with E-state index in [1.165, 1.54) is 0 Å². The molecule has 0 saturated heterocycles. The van der Waals surface area contributed by atoms with Gasteiger partial charge in [0.1, 0.15) is 0 Å². The van der Waals surface area contributed by atoms with Crippen molar-refractivity contribution in [2.24, 2.45) is 0 Å². The second-order valence-corrected chi connectivity index (χ2v) is 4.71. The maximum atomic E-state index is 12.2. The number of benzene rings is 1. The SMILES string of the molecule is O=C1C2=C(C=CCC=C2)c2cccc(Br)c21. The molecule has 1 aromatic carbocycles. The van der Waals surface area contributed by atoms with E-state index in [-0.39, 0.29) is 5.78 Å². The lowest BCUT2D eigenvalue weighted by Gasteiger charge is -2.01. The van der Waals surface area contributed by atoms with Crippen molar-refractivity contribution in [3.63, 3.8) is 0 Å². The lowest BCUT2D eigenvalue weighted by Crippen LogP contribution is -1.97. The Morgan fingerprint density at radius 2 is 1.81 bits per heavy atom. The third-order valence-electron chi connectivity index (χ3n) is 2.91. The van der Waals surface area contributed by atoms with Crippen LogP contribution in [0.5, 0.6) is 0 Å². The number of hydrogen-bond donors (Lipinski definition) is 0. The average Bonchev–Trinajstić information content (AvgIpc) is 2.47. The number of halogens is 1. The number of Topliss-reactive ketones (excluding diaryl/α,β-unsaturated/α-hetero) is 1. The Bertz CT molecular complexity index is 576. The Kier molecular flexibility index (Phi) is 2.18. The van der Waals surface area contributed by atoms with Crippen molar-refractivity contribution in [2.75, 3.05) is 0 Å². The quantitative estimate of drug-likeness (QED) is 0.700. The molecule has 0 aliphatic heterocycles. The van der Waals surface area contributed by atoms with Crippen molar-refractivity contribution in [1.82, 2.24) is 0 Å². The van der Waals surface area contributed by atoms with Crippen LogP contribution in [0.3, 0.4) is 0 Å². The van der Waals surface area contributed by atoms with Crippen LogP contribution in [0.1, 0.15) is 22.3 Å². The van der Waals surface area contributed by atoms with E-state index in [1.807, 2.05) is 36.4 Å². The molecule has 0 bridgehead atoms. The van der Waals surface area contributed by atoms with Gasteiger partial charge in [-0.05, 0) is 23.6 Å². The van der Waals surface area contributed by atoms with Crippen LogP contribution in [-0.2, 0) is 0 Å². The van der Waals surface area contributed by atoms with Gasteiger partial charge in [-0.2, -0.15) is 0 Å². The van der Waals surface area contributed by atoms with E-state index in [9.17, 15) is 4.79 Å². The molecule has 2 heteroatoms. The average molecular weight is 273 g/mol. The summed E-state index contributed by atoms with van der Waals surface area (Å²) in [5.41, 5.74) is 3.70. The molecule has 78 valence electrons. The van der Waals surface area contributed by atoms with Crippen LogP contribution in [-0.4, -0.2) is 5.78 Å². The van der Waals surface area contributed by atoms with Gasteiger partial charge in [0, 0.05) is 15.6 Å². The summed E-state index contributed by atoms with van der Waals surface area (Å²) in [4.78, 5) is 12.2. The molecule has 2 aliphatic rings. The van der Waals surface area contributed by atoms with Gasteiger partial charge < -0.3 is 0 Å². The van der Waals surface area contributed by atoms with Gasteiger partial charge in [-0.3, -0.25) is 4.79 Å². The highest BCUT2D eigenvalue weighted by molar-refractivity contribution is 9.10. The smallest absolute Gasteiger partial charge is 0.195 e. The Morgan fingerprint density at radius 3 is 2.62 bits per heavy atom. The molecule has 0 amide bonds. The Hall–Kier alpha value is -1.41. The maximum absolute atomic E-state index is 12.2. The monoisotopic (exact) mass is 272 g/mol. The van der Waals surface area contributed by atoms with Crippen molar-refractivity contribution in [2.45, 2.75) is 6.42 Å². The summed E-state index contributed by atoms with van der Waals surface area (Å²) in [5, 5.41) is 0. The molecule has 0 radical (unpaired) electrons. The molecule has 0 heterocycles. The van der Waals surface area contributed by atoms with E-state index in [0.29, 0.717) is 0 Å². The number of ketones is 1. The summed E-state index contributed by atoms with van der Waals surface area (Å²) < 4.78 is 0.880. The summed E-state index contributed by atoms with van der Waals surface area (Å²) in [6.07, 6.45) is 8.98. The zero-order valence-corrected chi connectivity index (χ0v) is 10.1. The Morgan fingerprint density at radius 1 is 1.06 bits per heavy atom. The molecule has 0 unspecified atom stereocenters. The zero-order chi connectivity index (χ0) is 11.1. The third-order valence-corrected chi connectivity index (χ3v) is 3.57. The number of allylic oxidation sites excluding steroid dienone is 6. The van der Waals surface area contributed by atoms with E-state index >= 15 is 0 Å². The summed E-state index contributed by atoms with van der Waals surface area (Å²) in [7, 11) is 0. The predicted molar refractivity (Wildman–Crippen MR) is 68.3 cm³/mol. The standard InChI is InChI=1S/C14H9BrO/c15-12-8-4-7-10-9-5-2-1-3-6-11(9)14(16)13(10)12/h2-8H,1H2. The second kappa shape index (κ2) is 3.56. The van der Waals surface area contributed by atoms with Gasteiger partial charge in [0.15, 0.2) is 5.78 Å². The fraction of sp³-hybridized carbons (Fsp3) is 0.0714.